The van der Waals surface area contributed by atoms with Crippen LogP contribution in [0.25, 0.3) is 22.8 Å². The van der Waals surface area contributed by atoms with Crippen molar-refractivity contribution >= 4 is 27.6 Å². The maximum absolute atomic E-state index is 13.2. The number of hydrogen-bond acceptors (Lipinski definition) is 5. The molecule has 7 nitrogen and oxygen atoms in total. The maximum Gasteiger partial charge on any atom is 0.269 e. The molecule has 0 unspecified atom stereocenters. The second kappa shape index (κ2) is 7.88. The van der Waals surface area contributed by atoms with E-state index < -0.39 is 0 Å². The fourth-order valence-corrected chi connectivity index (χ4v) is 3.95. The van der Waals surface area contributed by atoms with Gasteiger partial charge in [0.1, 0.15) is 11.4 Å². The lowest BCUT2D eigenvalue weighted by Crippen LogP contribution is -2.35. The van der Waals surface area contributed by atoms with Crippen LogP contribution in [0.1, 0.15) is 26.4 Å². The number of benzene rings is 2. The third kappa shape index (κ3) is 3.66. The summed E-state index contributed by atoms with van der Waals surface area (Å²) in [6.45, 7) is 1.16. The van der Waals surface area contributed by atoms with Crippen molar-refractivity contribution in [3.8, 4) is 22.8 Å². The average molecular weight is 474 g/mol. The van der Waals surface area contributed by atoms with Gasteiger partial charge in [0.25, 0.3) is 5.91 Å². The number of halogens is 1. The van der Waals surface area contributed by atoms with Crippen LogP contribution in [0, 0.1) is 0 Å². The SMILES string of the molecule is O=C(c1cccc(Br)c1)c1ccccc1-c1nccc(-c2cc3n(n2)CCNC3=O)n1. The molecule has 0 atom stereocenters. The number of nitrogens with zero attached hydrogens (tertiary/aromatic N) is 4. The molecule has 0 bridgehead atoms. The first-order valence-corrected chi connectivity index (χ1v) is 10.5. The molecule has 0 aliphatic carbocycles. The van der Waals surface area contributed by atoms with E-state index in [-0.39, 0.29) is 11.7 Å². The number of nitrogens with one attached hydrogen (secondary N) is 1. The molecule has 0 fully saturated rings. The lowest BCUT2D eigenvalue weighted by molar-refractivity contribution is 0.0924. The minimum absolute atomic E-state index is 0.111. The van der Waals surface area contributed by atoms with Crippen molar-refractivity contribution in [2.75, 3.05) is 6.54 Å². The summed E-state index contributed by atoms with van der Waals surface area (Å²) in [5.74, 6) is 0.163. The highest BCUT2D eigenvalue weighted by atomic mass is 79.9. The Balaban J connectivity index is 1.56. The molecule has 1 N–H and O–H groups in total. The number of ketones is 1. The number of hydrogen-bond donors (Lipinski definition) is 1. The van der Waals surface area contributed by atoms with Gasteiger partial charge in [0.05, 0.1) is 12.2 Å². The normalized spacial score (nSPS) is 12.9. The van der Waals surface area contributed by atoms with Crippen LogP contribution in [0.15, 0.2) is 71.3 Å². The average Bonchev–Trinajstić information content (AvgIpc) is 3.25. The molecule has 1 amide bonds. The summed E-state index contributed by atoms with van der Waals surface area (Å²) in [6.07, 6.45) is 1.64. The second-order valence-electron chi connectivity index (χ2n) is 7.04. The van der Waals surface area contributed by atoms with E-state index in [4.69, 9.17) is 0 Å². The first kappa shape index (κ1) is 19.3. The maximum atomic E-state index is 13.2. The lowest BCUT2D eigenvalue weighted by Gasteiger charge is -2.13. The molecular formula is C23H16BrN5O2. The van der Waals surface area contributed by atoms with Crippen LogP contribution in [0.3, 0.4) is 0 Å². The number of rotatable bonds is 4. The van der Waals surface area contributed by atoms with Crippen molar-refractivity contribution in [1.82, 2.24) is 25.1 Å². The van der Waals surface area contributed by atoms with Gasteiger partial charge in [-0.1, -0.05) is 52.3 Å². The van der Waals surface area contributed by atoms with Gasteiger partial charge in [-0.15, -0.1) is 0 Å². The van der Waals surface area contributed by atoms with E-state index in [0.717, 1.165) is 4.47 Å². The Labute approximate surface area is 186 Å². The molecule has 152 valence electrons. The van der Waals surface area contributed by atoms with Gasteiger partial charge in [-0.2, -0.15) is 5.10 Å². The molecular weight excluding hydrogens is 458 g/mol. The quantitative estimate of drug-likeness (QED) is 0.456. The second-order valence-corrected chi connectivity index (χ2v) is 7.96. The molecule has 2 aromatic carbocycles. The Kier molecular flexibility index (Phi) is 4.91. The minimum atomic E-state index is -0.149. The summed E-state index contributed by atoms with van der Waals surface area (Å²) in [4.78, 5) is 34.3. The summed E-state index contributed by atoms with van der Waals surface area (Å²) in [6, 6.07) is 18.0. The van der Waals surface area contributed by atoms with Crippen molar-refractivity contribution < 1.29 is 9.59 Å². The van der Waals surface area contributed by atoms with Gasteiger partial charge < -0.3 is 5.32 Å². The fraction of sp³-hybridized carbons (Fsp3) is 0.0870. The van der Waals surface area contributed by atoms with Gasteiger partial charge in [-0.25, -0.2) is 9.97 Å². The highest BCUT2D eigenvalue weighted by molar-refractivity contribution is 9.10. The highest BCUT2D eigenvalue weighted by Gasteiger charge is 2.21. The number of carbonyl (C=O) groups excluding carboxylic acids is 2. The monoisotopic (exact) mass is 473 g/mol. The van der Waals surface area contributed by atoms with Crippen LogP contribution in [0.5, 0.6) is 0 Å². The summed E-state index contributed by atoms with van der Waals surface area (Å²) in [5, 5.41) is 7.32. The van der Waals surface area contributed by atoms with Crippen LogP contribution in [0.4, 0.5) is 0 Å². The molecule has 0 saturated heterocycles. The van der Waals surface area contributed by atoms with Gasteiger partial charge in [0.2, 0.25) is 0 Å². The smallest absolute Gasteiger partial charge is 0.269 e. The van der Waals surface area contributed by atoms with E-state index in [1.54, 1.807) is 41.2 Å². The van der Waals surface area contributed by atoms with Crippen LogP contribution in [0.2, 0.25) is 0 Å². The van der Waals surface area contributed by atoms with E-state index in [0.29, 0.717) is 52.7 Å². The molecule has 2 aromatic heterocycles. The van der Waals surface area contributed by atoms with E-state index in [9.17, 15) is 9.59 Å². The zero-order chi connectivity index (χ0) is 21.4. The Morgan fingerprint density at radius 2 is 1.90 bits per heavy atom. The summed E-state index contributed by atoms with van der Waals surface area (Å²) in [7, 11) is 0. The molecule has 0 spiro atoms. The van der Waals surface area contributed by atoms with Crippen molar-refractivity contribution in [1.29, 1.82) is 0 Å². The molecule has 4 aromatic rings. The van der Waals surface area contributed by atoms with Gasteiger partial charge >= 0.3 is 0 Å². The zero-order valence-electron chi connectivity index (χ0n) is 16.2. The summed E-state index contributed by atoms with van der Waals surface area (Å²) >= 11 is 3.42. The lowest BCUT2D eigenvalue weighted by atomic mass is 9.98. The Morgan fingerprint density at radius 3 is 2.74 bits per heavy atom. The number of carbonyl (C=O) groups is 2. The molecule has 1 aliphatic rings. The zero-order valence-corrected chi connectivity index (χ0v) is 17.8. The van der Waals surface area contributed by atoms with Crippen LogP contribution in [-0.4, -0.2) is 38.0 Å². The predicted octanol–water partition coefficient (Wildman–Crippen LogP) is 3.74. The van der Waals surface area contributed by atoms with Crippen molar-refractivity contribution in [3.05, 3.63) is 88.2 Å². The van der Waals surface area contributed by atoms with E-state index in [1.807, 2.05) is 30.3 Å². The fourth-order valence-electron chi connectivity index (χ4n) is 3.55. The number of fused-ring (bicyclic) bond motifs is 1. The predicted molar refractivity (Wildman–Crippen MR) is 119 cm³/mol. The van der Waals surface area contributed by atoms with Crippen molar-refractivity contribution in [3.63, 3.8) is 0 Å². The van der Waals surface area contributed by atoms with E-state index in [2.05, 4.69) is 36.3 Å². The third-order valence-electron chi connectivity index (χ3n) is 5.04. The molecule has 0 radical (unpaired) electrons. The van der Waals surface area contributed by atoms with E-state index >= 15 is 0 Å². The molecule has 1 aliphatic heterocycles. The Morgan fingerprint density at radius 1 is 1.03 bits per heavy atom. The van der Waals surface area contributed by atoms with Crippen LogP contribution in [-0.2, 0) is 6.54 Å². The van der Waals surface area contributed by atoms with Gasteiger partial charge in [-0.3, -0.25) is 14.3 Å². The third-order valence-corrected chi connectivity index (χ3v) is 5.53. The minimum Gasteiger partial charge on any atom is -0.349 e. The highest BCUT2D eigenvalue weighted by Crippen LogP contribution is 2.26. The molecule has 5 rings (SSSR count). The molecule has 8 heteroatoms. The molecule has 31 heavy (non-hydrogen) atoms. The van der Waals surface area contributed by atoms with Crippen LogP contribution < -0.4 is 5.32 Å². The first-order chi connectivity index (χ1) is 15.1. The summed E-state index contributed by atoms with van der Waals surface area (Å²) in [5.41, 5.74) is 3.41. The van der Waals surface area contributed by atoms with Crippen molar-refractivity contribution in [2.24, 2.45) is 0 Å². The standard InChI is InChI=1S/C23H16BrN5O2/c24-15-5-3-4-14(12-15)21(30)16-6-1-2-7-17(16)22-25-9-8-18(27-22)19-13-20-23(31)26-10-11-29(20)28-19/h1-9,12-13H,10-11H2,(H,26,31). The van der Waals surface area contributed by atoms with Gasteiger partial charge in [-0.05, 0) is 24.3 Å². The first-order valence-electron chi connectivity index (χ1n) is 9.69. The molecule has 0 saturated carbocycles. The van der Waals surface area contributed by atoms with Crippen molar-refractivity contribution in [2.45, 2.75) is 6.54 Å². The Hall–Kier alpha value is -3.65. The van der Waals surface area contributed by atoms with Crippen LogP contribution >= 0.6 is 15.9 Å². The van der Waals surface area contributed by atoms with Gasteiger partial charge in [0.15, 0.2) is 11.6 Å². The van der Waals surface area contributed by atoms with Gasteiger partial charge in [0, 0.05) is 33.9 Å². The number of aromatic nitrogens is 4. The molecule has 3 heterocycles. The Bertz CT molecular complexity index is 1330. The topological polar surface area (TPSA) is 89.8 Å². The largest absolute Gasteiger partial charge is 0.349 e. The number of amides is 1. The summed E-state index contributed by atoms with van der Waals surface area (Å²) < 4.78 is 2.52. The van der Waals surface area contributed by atoms with E-state index in [1.165, 1.54) is 0 Å².